The molecule has 2 aliphatic heterocycles. The summed E-state index contributed by atoms with van der Waals surface area (Å²) in [6.45, 7) is 0.108. The Hall–Kier alpha value is -2.75. The van der Waals surface area contributed by atoms with E-state index in [-0.39, 0.29) is 67.9 Å². The lowest BCUT2D eigenvalue weighted by Crippen LogP contribution is -2.54. The molecule has 1 aromatic rings. The van der Waals surface area contributed by atoms with Crippen LogP contribution in [-0.4, -0.2) is 64.9 Å². The van der Waals surface area contributed by atoms with Gasteiger partial charge in [-0.25, -0.2) is 8.78 Å². The van der Waals surface area contributed by atoms with Crippen LogP contribution < -0.4 is 15.5 Å². The van der Waals surface area contributed by atoms with Crippen LogP contribution in [0.3, 0.4) is 0 Å². The molecule has 36 heavy (non-hydrogen) atoms. The summed E-state index contributed by atoms with van der Waals surface area (Å²) >= 11 is 0. The molecular formula is C26H34F2N4O4. The van der Waals surface area contributed by atoms with Crippen molar-refractivity contribution in [2.45, 2.75) is 101 Å². The molecule has 0 radical (unpaired) electrons. The molecule has 3 amide bonds. The number of alkyl halides is 2. The normalized spacial score (nSPS) is 28.7. The molecule has 1 unspecified atom stereocenters. The van der Waals surface area contributed by atoms with Gasteiger partial charge in [0, 0.05) is 55.6 Å². The second kappa shape index (κ2) is 9.61. The molecule has 3 atom stereocenters. The number of nitrogens with zero attached hydrogens (tertiary/aromatic N) is 2. The quantitative estimate of drug-likeness (QED) is 0.533. The molecule has 1 aromatic carbocycles. The number of amides is 3. The molecular weight excluding hydrogens is 470 g/mol. The van der Waals surface area contributed by atoms with Crippen LogP contribution in [0.25, 0.3) is 0 Å². The lowest BCUT2D eigenvalue weighted by Gasteiger charge is -2.42. The van der Waals surface area contributed by atoms with Gasteiger partial charge in [-0.15, -0.1) is 0 Å². The molecule has 0 aromatic heterocycles. The van der Waals surface area contributed by atoms with E-state index < -0.39 is 17.9 Å². The Morgan fingerprint density at radius 3 is 2.53 bits per heavy atom. The monoisotopic (exact) mass is 504 g/mol. The first-order valence-corrected chi connectivity index (χ1v) is 13.0. The molecule has 0 spiro atoms. The molecule has 10 heteroatoms. The third-order valence-electron chi connectivity index (χ3n) is 8.44. The predicted octanol–water partition coefficient (Wildman–Crippen LogP) is 3.07. The maximum Gasteiger partial charge on any atom is 0.255 e. The third-order valence-corrected chi connectivity index (χ3v) is 8.44. The van der Waals surface area contributed by atoms with Gasteiger partial charge in [0.05, 0.1) is 12.2 Å². The lowest BCUT2D eigenvalue weighted by molar-refractivity contribution is -0.136. The summed E-state index contributed by atoms with van der Waals surface area (Å²) in [7, 11) is 1.93. The van der Waals surface area contributed by atoms with Gasteiger partial charge in [-0.05, 0) is 44.2 Å². The summed E-state index contributed by atoms with van der Waals surface area (Å²) in [6.07, 6.45) is 5.16. The van der Waals surface area contributed by atoms with E-state index in [2.05, 4.69) is 10.6 Å². The van der Waals surface area contributed by atoms with Crippen molar-refractivity contribution in [3.05, 3.63) is 23.3 Å². The number of nitrogens with one attached hydrogen (secondary N) is 2. The first kappa shape index (κ1) is 24.9. The van der Waals surface area contributed by atoms with Gasteiger partial charge < -0.3 is 20.2 Å². The zero-order valence-corrected chi connectivity index (χ0v) is 20.6. The van der Waals surface area contributed by atoms with Crippen molar-refractivity contribution in [2.24, 2.45) is 0 Å². The van der Waals surface area contributed by atoms with E-state index in [1.807, 2.05) is 11.9 Å². The molecule has 2 saturated carbocycles. The number of carbonyl (C=O) groups excluding carboxylic acids is 3. The number of likely N-dealkylation sites (N-methyl/N-ethyl adjacent to an activating group) is 1. The molecule has 5 rings (SSSR count). The van der Waals surface area contributed by atoms with E-state index in [0.717, 1.165) is 25.7 Å². The SMILES string of the molecule is CN(c1ccc2c(c1O)CN(C1CCC(=O)NC1=O)C2=O)[C@H]1CCCC[C@@H]1NC1CCC(F)(F)CC1. The molecule has 3 fully saturated rings. The highest BCUT2D eigenvalue weighted by Crippen LogP contribution is 2.41. The molecule has 3 N–H and O–H groups in total. The van der Waals surface area contributed by atoms with Crippen LogP contribution in [0.5, 0.6) is 5.75 Å². The number of aromatic hydroxyl groups is 1. The number of hydrogen-bond acceptors (Lipinski definition) is 6. The van der Waals surface area contributed by atoms with Gasteiger partial charge in [-0.1, -0.05) is 12.8 Å². The number of anilines is 1. The minimum absolute atomic E-state index is 0.0276. The first-order chi connectivity index (χ1) is 17.1. The van der Waals surface area contributed by atoms with Crippen LogP contribution in [-0.2, 0) is 16.1 Å². The van der Waals surface area contributed by atoms with E-state index in [1.54, 1.807) is 12.1 Å². The van der Waals surface area contributed by atoms with E-state index in [0.29, 0.717) is 29.7 Å². The number of imide groups is 1. The van der Waals surface area contributed by atoms with E-state index >= 15 is 0 Å². The van der Waals surface area contributed by atoms with Crippen molar-refractivity contribution in [1.29, 1.82) is 0 Å². The molecule has 2 aliphatic carbocycles. The number of hydrogen-bond donors (Lipinski definition) is 3. The van der Waals surface area contributed by atoms with Gasteiger partial charge in [0.15, 0.2) is 0 Å². The van der Waals surface area contributed by atoms with Crippen LogP contribution in [0.4, 0.5) is 14.5 Å². The van der Waals surface area contributed by atoms with Crippen molar-refractivity contribution in [1.82, 2.24) is 15.5 Å². The van der Waals surface area contributed by atoms with Crippen molar-refractivity contribution >= 4 is 23.4 Å². The fraction of sp³-hybridized carbons (Fsp3) is 0.654. The number of rotatable bonds is 5. The second-order valence-electron chi connectivity index (χ2n) is 10.7. The highest BCUT2D eigenvalue weighted by Gasteiger charge is 2.42. The highest BCUT2D eigenvalue weighted by atomic mass is 19.3. The van der Waals surface area contributed by atoms with Crippen LogP contribution in [0.1, 0.15) is 80.1 Å². The fourth-order valence-corrected chi connectivity index (χ4v) is 6.35. The van der Waals surface area contributed by atoms with Gasteiger partial charge in [0.1, 0.15) is 11.8 Å². The molecule has 4 aliphatic rings. The lowest BCUT2D eigenvalue weighted by atomic mass is 9.86. The first-order valence-electron chi connectivity index (χ1n) is 13.0. The summed E-state index contributed by atoms with van der Waals surface area (Å²) in [5.74, 6) is -3.68. The number of phenolic OH excluding ortho intramolecular Hbond substituents is 1. The molecule has 2 heterocycles. The van der Waals surface area contributed by atoms with Crippen molar-refractivity contribution in [3.63, 3.8) is 0 Å². The Bertz CT molecular complexity index is 1050. The fourth-order valence-electron chi connectivity index (χ4n) is 6.35. The Morgan fingerprint density at radius 1 is 1.08 bits per heavy atom. The molecule has 1 saturated heterocycles. The van der Waals surface area contributed by atoms with E-state index in [1.165, 1.54) is 4.90 Å². The third kappa shape index (κ3) is 4.67. The van der Waals surface area contributed by atoms with Crippen LogP contribution in [0, 0.1) is 0 Å². The minimum Gasteiger partial charge on any atom is -0.505 e. The standard InChI is InChI=1S/C26H34F2N4O4/c1-31(19-5-3-2-4-18(19)29-15-10-12-26(27,28)13-11-15)20-7-6-16-17(23(20)34)14-32(25(16)36)21-8-9-22(33)30-24(21)35/h6-7,15,18-19,21,29,34H,2-5,8-14H2,1H3,(H,30,33,35)/t18-,19-,21?/m0/s1. The molecule has 0 bridgehead atoms. The molecule has 196 valence electrons. The highest BCUT2D eigenvalue weighted by molar-refractivity contribution is 6.06. The van der Waals surface area contributed by atoms with Crippen LogP contribution in [0.15, 0.2) is 12.1 Å². The maximum atomic E-state index is 13.6. The average molecular weight is 505 g/mol. The smallest absolute Gasteiger partial charge is 0.255 e. The minimum atomic E-state index is -2.56. The van der Waals surface area contributed by atoms with Crippen molar-refractivity contribution < 1.29 is 28.3 Å². The van der Waals surface area contributed by atoms with Gasteiger partial charge in [0.2, 0.25) is 17.7 Å². The van der Waals surface area contributed by atoms with E-state index in [4.69, 9.17) is 0 Å². The van der Waals surface area contributed by atoms with Gasteiger partial charge in [-0.3, -0.25) is 19.7 Å². The van der Waals surface area contributed by atoms with Crippen LogP contribution in [0.2, 0.25) is 0 Å². The Morgan fingerprint density at radius 2 is 1.81 bits per heavy atom. The van der Waals surface area contributed by atoms with Crippen molar-refractivity contribution in [3.8, 4) is 5.75 Å². The number of fused-ring (bicyclic) bond motifs is 1. The zero-order valence-electron chi connectivity index (χ0n) is 20.6. The summed E-state index contributed by atoms with van der Waals surface area (Å²) in [6, 6.07) is 2.97. The summed E-state index contributed by atoms with van der Waals surface area (Å²) in [4.78, 5) is 40.4. The van der Waals surface area contributed by atoms with Crippen LogP contribution >= 0.6 is 0 Å². The van der Waals surface area contributed by atoms with Crippen molar-refractivity contribution in [2.75, 3.05) is 11.9 Å². The Kier molecular flexibility index (Phi) is 6.65. The molecule has 8 nitrogen and oxygen atoms in total. The summed E-state index contributed by atoms with van der Waals surface area (Å²) in [5, 5.41) is 17.2. The summed E-state index contributed by atoms with van der Waals surface area (Å²) < 4.78 is 27.2. The zero-order chi connectivity index (χ0) is 25.6. The maximum absolute atomic E-state index is 13.6. The van der Waals surface area contributed by atoms with Gasteiger partial charge in [0.25, 0.3) is 5.91 Å². The number of piperidine rings is 1. The number of benzene rings is 1. The topological polar surface area (TPSA) is 102 Å². The summed E-state index contributed by atoms with van der Waals surface area (Å²) in [5.41, 5.74) is 1.47. The Labute approximate surface area is 209 Å². The predicted molar refractivity (Wildman–Crippen MR) is 129 cm³/mol. The largest absolute Gasteiger partial charge is 0.505 e. The number of halogens is 2. The number of carbonyl (C=O) groups is 3. The van der Waals surface area contributed by atoms with Gasteiger partial charge in [-0.2, -0.15) is 0 Å². The second-order valence-corrected chi connectivity index (χ2v) is 10.7. The number of phenols is 1. The van der Waals surface area contributed by atoms with E-state index in [9.17, 15) is 28.3 Å². The van der Waals surface area contributed by atoms with Gasteiger partial charge >= 0.3 is 0 Å². The Balaban J connectivity index is 1.32. The average Bonchev–Trinajstić information content (AvgIpc) is 3.18.